The maximum atomic E-state index is 12.4. The van der Waals surface area contributed by atoms with Crippen molar-refractivity contribution in [3.63, 3.8) is 0 Å². The zero-order valence-corrected chi connectivity index (χ0v) is 15.5. The van der Waals surface area contributed by atoms with Crippen molar-refractivity contribution in [2.45, 2.75) is 51.6 Å². The van der Waals surface area contributed by atoms with E-state index in [1.165, 1.54) is 5.56 Å². The summed E-state index contributed by atoms with van der Waals surface area (Å²) < 4.78 is 5.28. The van der Waals surface area contributed by atoms with Gasteiger partial charge in [0.1, 0.15) is 5.76 Å². The molecule has 2 saturated heterocycles. The molecule has 1 spiro atoms. The largest absolute Gasteiger partial charge is 0.361 e. The van der Waals surface area contributed by atoms with E-state index < -0.39 is 0 Å². The van der Waals surface area contributed by atoms with Gasteiger partial charge in [-0.25, -0.2) is 0 Å². The Labute approximate surface area is 144 Å². The Kier molecular flexibility index (Phi) is 4.97. The van der Waals surface area contributed by atoms with Crippen LogP contribution in [0.5, 0.6) is 0 Å². The molecule has 2 fully saturated rings. The molecule has 0 bridgehead atoms. The van der Waals surface area contributed by atoms with Gasteiger partial charge in [0.25, 0.3) is 0 Å². The predicted molar refractivity (Wildman–Crippen MR) is 92.7 cm³/mol. The van der Waals surface area contributed by atoms with Crippen molar-refractivity contribution in [1.82, 2.24) is 19.9 Å². The van der Waals surface area contributed by atoms with Gasteiger partial charge in [-0.1, -0.05) is 5.16 Å². The van der Waals surface area contributed by atoms with Crippen molar-refractivity contribution in [3.05, 3.63) is 17.0 Å². The summed E-state index contributed by atoms with van der Waals surface area (Å²) in [6.45, 7) is 8.77. The predicted octanol–water partition coefficient (Wildman–Crippen LogP) is 1.81. The minimum absolute atomic E-state index is 0.0995. The number of likely N-dealkylation sites (tertiary alicyclic amines) is 2. The minimum Gasteiger partial charge on any atom is -0.361 e. The second-order valence-corrected chi connectivity index (χ2v) is 7.65. The Morgan fingerprint density at radius 2 is 1.92 bits per heavy atom. The van der Waals surface area contributed by atoms with Gasteiger partial charge in [0.05, 0.1) is 5.69 Å². The average Bonchev–Trinajstić information content (AvgIpc) is 3.02. The number of carbonyl (C=O) groups is 1. The summed E-state index contributed by atoms with van der Waals surface area (Å²) in [4.78, 5) is 19.2. The van der Waals surface area contributed by atoms with E-state index in [2.05, 4.69) is 34.0 Å². The molecular formula is C18H30N4O2. The second kappa shape index (κ2) is 6.84. The molecule has 0 radical (unpaired) electrons. The van der Waals surface area contributed by atoms with Crippen LogP contribution in [0.4, 0.5) is 0 Å². The Morgan fingerprint density at radius 3 is 2.50 bits per heavy atom. The first-order valence-corrected chi connectivity index (χ1v) is 9.00. The highest BCUT2D eigenvalue weighted by Gasteiger charge is 2.46. The smallest absolute Gasteiger partial charge is 0.223 e. The Bertz CT molecular complexity index is 568. The van der Waals surface area contributed by atoms with Gasteiger partial charge in [0.2, 0.25) is 5.91 Å². The van der Waals surface area contributed by atoms with Gasteiger partial charge in [-0.3, -0.25) is 9.69 Å². The van der Waals surface area contributed by atoms with Crippen molar-refractivity contribution >= 4 is 5.91 Å². The highest BCUT2D eigenvalue weighted by molar-refractivity contribution is 5.79. The summed E-state index contributed by atoms with van der Waals surface area (Å²) >= 11 is 0. The fraction of sp³-hybridized carbons (Fsp3) is 0.778. The van der Waals surface area contributed by atoms with Crippen LogP contribution in [0, 0.1) is 13.8 Å². The molecule has 1 aromatic heterocycles. The summed E-state index contributed by atoms with van der Waals surface area (Å²) in [5.41, 5.74) is 2.32. The molecule has 0 aromatic carbocycles. The molecule has 1 aromatic rings. The van der Waals surface area contributed by atoms with Crippen LogP contribution in [0.3, 0.4) is 0 Å². The molecule has 134 valence electrons. The molecule has 0 unspecified atom stereocenters. The lowest BCUT2D eigenvalue weighted by Crippen LogP contribution is -2.54. The number of hydrogen-bond acceptors (Lipinski definition) is 5. The molecule has 0 aliphatic carbocycles. The SMILES string of the molecule is Cc1noc(C)c1CN1CCC2(CCC(=O)N2CCN(C)C)CC1. The van der Waals surface area contributed by atoms with Gasteiger partial charge in [-0.15, -0.1) is 0 Å². The van der Waals surface area contributed by atoms with E-state index in [0.29, 0.717) is 5.91 Å². The zero-order valence-electron chi connectivity index (χ0n) is 15.5. The van der Waals surface area contributed by atoms with Crippen LogP contribution < -0.4 is 0 Å². The summed E-state index contributed by atoms with van der Waals surface area (Å²) in [6.07, 6.45) is 3.90. The molecule has 2 aliphatic rings. The van der Waals surface area contributed by atoms with Gasteiger partial charge in [0.15, 0.2) is 0 Å². The van der Waals surface area contributed by atoms with Crippen LogP contribution >= 0.6 is 0 Å². The third-order valence-corrected chi connectivity index (χ3v) is 5.80. The molecule has 1 amide bonds. The Morgan fingerprint density at radius 1 is 1.21 bits per heavy atom. The van der Waals surface area contributed by atoms with Crippen LogP contribution in [-0.4, -0.2) is 71.6 Å². The van der Waals surface area contributed by atoms with Gasteiger partial charge < -0.3 is 14.3 Å². The maximum Gasteiger partial charge on any atom is 0.223 e. The van der Waals surface area contributed by atoms with Gasteiger partial charge in [-0.2, -0.15) is 0 Å². The third-order valence-electron chi connectivity index (χ3n) is 5.80. The lowest BCUT2D eigenvalue weighted by Gasteiger charge is -2.45. The first-order chi connectivity index (χ1) is 11.4. The van der Waals surface area contributed by atoms with Crippen LogP contribution in [0.2, 0.25) is 0 Å². The normalized spacial score (nSPS) is 21.4. The maximum absolute atomic E-state index is 12.4. The Hall–Kier alpha value is -1.40. The summed E-state index contributed by atoms with van der Waals surface area (Å²) in [7, 11) is 4.14. The number of carbonyl (C=O) groups excluding carboxylic acids is 1. The number of nitrogens with zero attached hydrogens (tertiary/aromatic N) is 4. The highest BCUT2D eigenvalue weighted by Crippen LogP contribution is 2.39. The number of hydrogen-bond donors (Lipinski definition) is 0. The number of rotatable bonds is 5. The van der Waals surface area contributed by atoms with E-state index in [1.54, 1.807) is 0 Å². The molecule has 0 N–H and O–H groups in total. The third kappa shape index (κ3) is 3.35. The van der Waals surface area contributed by atoms with Gasteiger partial charge >= 0.3 is 0 Å². The van der Waals surface area contributed by atoms with E-state index in [9.17, 15) is 4.79 Å². The van der Waals surface area contributed by atoms with E-state index in [4.69, 9.17) is 4.52 Å². The van der Waals surface area contributed by atoms with Crippen LogP contribution in [0.25, 0.3) is 0 Å². The lowest BCUT2D eigenvalue weighted by atomic mass is 9.84. The highest BCUT2D eigenvalue weighted by atomic mass is 16.5. The van der Waals surface area contributed by atoms with E-state index in [0.717, 1.165) is 69.9 Å². The van der Waals surface area contributed by atoms with Crippen molar-refractivity contribution < 1.29 is 9.32 Å². The minimum atomic E-state index is 0.0995. The number of aryl methyl sites for hydroxylation is 2. The van der Waals surface area contributed by atoms with E-state index in [1.807, 2.05) is 13.8 Å². The number of piperidine rings is 1. The first-order valence-electron chi connectivity index (χ1n) is 9.00. The van der Waals surface area contributed by atoms with Crippen LogP contribution in [0.1, 0.15) is 42.7 Å². The molecule has 3 heterocycles. The monoisotopic (exact) mass is 334 g/mol. The molecule has 6 heteroatoms. The summed E-state index contributed by atoms with van der Waals surface area (Å²) in [6, 6.07) is 0. The molecule has 2 aliphatic heterocycles. The van der Waals surface area contributed by atoms with Gasteiger partial charge in [-0.05, 0) is 47.2 Å². The molecule has 24 heavy (non-hydrogen) atoms. The van der Waals surface area contributed by atoms with Crippen molar-refractivity contribution in [1.29, 1.82) is 0 Å². The summed E-state index contributed by atoms with van der Waals surface area (Å²) in [5, 5.41) is 4.06. The average molecular weight is 334 g/mol. The van der Waals surface area contributed by atoms with Crippen LogP contribution in [0.15, 0.2) is 4.52 Å². The van der Waals surface area contributed by atoms with Crippen LogP contribution in [-0.2, 0) is 11.3 Å². The molecule has 6 nitrogen and oxygen atoms in total. The van der Waals surface area contributed by atoms with Crippen molar-refractivity contribution in [2.75, 3.05) is 40.3 Å². The quantitative estimate of drug-likeness (QED) is 0.822. The van der Waals surface area contributed by atoms with Crippen molar-refractivity contribution in [2.24, 2.45) is 0 Å². The fourth-order valence-electron chi connectivity index (χ4n) is 4.13. The number of amides is 1. The molecular weight excluding hydrogens is 304 g/mol. The fourth-order valence-corrected chi connectivity index (χ4v) is 4.13. The molecule has 0 saturated carbocycles. The van der Waals surface area contributed by atoms with E-state index in [-0.39, 0.29) is 5.54 Å². The molecule has 0 atom stereocenters. The Balaban J connectivity index is 1.61. The van der Waals surface area contributed by atoms with Gasteiger partial charge in [0, 0.05) is 50.2 Å². The lowest BCUT2D eigenvalue weighted by molar-refractivity contribution is -0.132. The van der Waals surface area contributed by atoms with E-state index >= 15 is 0 Å². The zero-order chi connectivity index (χ0) is 17.3. The first kappa shape index (κ1) is 17.4. The standard InChI is InChI=1S/C18H30N4O2/c1-14-16(15(2)24-19-14)13-21-9-7-18(8-10-21)6-5-17(23)22(18)12-11-20(3)4/h5-13H2,1-4H3. The number of likely N-dealkylation sites (N-methyl/N-ethyl adjacent to an activating group) is 1. The molecule has 3 rings (SSSR count). The van der Waals surface area contributed by atoms with Crippen molar-refractivity contribution in [3.8, 4) is 0 Å². The summed E-state index contributed by atoms with van der Waals surface area (Å²) in [5.74, 6) is 1.27. The topological polar surface area (TPSA) is 52.8 Å². The number of aromatic nitrogens is 1. The second-order valence-electron chi connectivity index (χ2n) is 7.65.